The Labute approximate surface area is 108 Å². The largest absolute Gasteiger partial charge is 0.372 e. The highest BCUT2D eigenvalue weighted by Crippen LogP contribution is 2.45. The Hall–Kier alpha value is -0.235. The molecule has 1 rings (SSSR count). The van der Waals surface area contributed by atoms with Crippen LogP contribution in [0, 0.1) is 11.8 Å². The molecule has 0 amide bonds. The van der Waals surface area contributed by atoms with Gasteiger partial charge in [0, 0.05) is 6.00 Å². The molecule has 0 aromatic heterocycles. The van der Waals surface area contributed by atoms with Gasteiger partial charge in [0.2, 0.25) is 0 Å². The Morgan fingerprint density at radius 2 is 1.88 bits per heavy atom. The molecule has 0 saturated heterocycles. The van der Waals surface area contributed by atoms with E-state index in [0.29, 0.717) is 17.8 Å². The summed E-state index contributed by atoms with van der Waals surface area (Å²) in [5.74, 6) is 1.29. The van der Waals surface area contributed by atoms with Crippen molar-refractivity contribution in [1.82, 2.24) is 0 Å². The molecule has 0 spiro atoms. The summed E-state index contributed by atoms with van der Waals surface area (Å²) in [7, 11) is 1.10. The van der Waals surface area contributed by atoms with E-state index in [4.69, 9.17) is 4.74 Å². The van der Waals surface area contributed by atoms with E-state index in [1.807, 2.05) is 0 Å². The van der Waals surface area contributed by atoms with Crippen molar-refractivity contribution in [3.8, 4) is 0 Å². The van der Waals surface area contributed by atoms with Gasteiger partial charge in [-0.15, -0.1) is 0 Å². The normalized spacial score (nSPS) is 29.6. The summed E-state index contributed by atoms with van der Waals surface area (Å²) < 4.78 is 6.47. The topological polar surface area (TPSA) is 9.23 Å². The first kappa shape index (κ1) is 14.8. The maximum atomic E-state index is 6.47. The second-order valence-electron chi connectivity index (χ2n) is 6.21. The first-order valence-electron chi connectivity index (χ1n) is 7.26. The fourth-order valence-corrected chi connectivity index (χ4v) is 3.56. The molecule has 0 fully saturated rings. The maximum absolute atomic E-state index is 6.47. The van der Waals surface area contributed by atoms with Gasteiger partial charge in [0.1, 0.15) is 0 Å². The predicted octanol–water partition coefficient (Wildman–Crippen LogP) is 3.99. The van der Waals surface area contributed by atoms with Crippen LogP contribution in [0.4, 0.5) is 0 Å². The van der Waals surface area contributed by atoms with Crippen molar-refractivity contribution in [3.05, 3.63) is 11.1 Å². The fourth-order valence-electron chi connectivity index (χ4n) is 3.56. The van der Waals surface area contributed by atoms with Crippen molar-refractivity contribution in [2.75, 3.05) is 0 Å². The van der Waals surface area contributed by atoms with Crippen LogP contribution in [0.25, 0.3) is 0 Å². The molecular weight excluding hydrogens is 207 g/mol. The summed E-state index contributed by atoms with van der Waals surface area (Å²) in [4.78, 5) is 0. The lowest BCUT2D eigenvalue weighted by Crippen LogP contribution is -2.36. The summed E-state index contributed by atoms with van der Waals surface area (Å²) in [5, 5.41) is 0. The molecule has 1 nitrogen and oxygen atoms in total. The third-order valence-electron chi connectivity index (χ3n) is 4.02. The third kappa shape index (κ3) is 2.78. The molecule has 98 valence electrons. The van der Waals surface area contributed by atoms with Crippen molar-refractivity contribution in [2.24, 2.45) is 11.8 Å². The molecule has 0 bridgehead atoms. The van der Waals surface area contributed by atoms with E-state index >= 15 is 0 Å². The van der Waals surface area contributed by atoms with Crippen molar-refractivity contribution < 1.29 is 4.74 Å². The van der Waals surface area contributed by atoms with Crippen LogP contribution in [-0.4, -0.2) is 18.9 Å². The van der Waals surface area contributed by atoms with Crippen molar-refractivity contribution in [2.45, 2.75) is 72.8 Å². The van der Waals surface area contributed by atoms with Crippen LogP contribution in [0.2, 0.25) is 6.82 Å². The maximum Gasteiger partial charge on any atom is 0.160 e. The predicted molar refractivity (Wildman–Crippen MR) is 77.9 cm³/mol. The van der Waals surface area contributed by atoms with Gasteiger partial charge in [0.15, 0.2) is 7.28 Å². The Morgan fingerprint density at radius 1 is 1.29 bits per heavy atom. The number of hydrogen-bond donors (Lipinski definition) is 0. The molecule has 1 heterocycles. The van der Waals surface area contributed by atoms with Crippen molar-refractivity contribution >= 4 is 7.28 Å². The highest BCUT2D eigenvalue weighted by atomic mass is 16.5. The van der Waals surface area contributed by atoms with E-state index in [1.165, 1.54) is 5.57 Å². The second kappa shape index (κ2) is 5.60. The van der Waals surface area contributed by atoms with Crippen LogP contribution in [0.3, 0.4) is 0 Å². The second-order valence-corrected chi connectivity index (χ2v) is 6.21. The minimum atomic E-state index is 0.0209. The van der Waals surface area contributed by atoms with Gasteiger partial charge in [0.25, 0.3) is 0 Å². The highest BCUT2D eigenvalue weighted by Gasteiger charge is 2.44. The van der Waals surface area contributed by atoms with E-state index in [0.717, 1.165) is 20.1 Å². The summed E-state index contributed by atoms with van der Waals surface area (Å²) in [6, 6.07) is 0.353. The molecule has 0 aliphatic carbocycles. The van der Waals surface area contributed by atoms with E-state index in [9.17, 15) is 0 Å². The first-order valence-corrected chi connectivity index (χ1v) is 7.26. The first-order chi connectivity index (χ1) is 7.88. The fraction of sp³-hybridized carbons (Fsp3) is 0.867. The molecule has 0 radical (unpaired) electrons. The Morgan fingerprint density at radius 3 is 2.24 bits per heavy atom. The van der Waals surface area contributed by atoms with Gasteiger partial charge >= 0.3 is 0 Å². The molecule has 0 aromatic rings. The van der Waals surface area contributed by atoms with Gasteiger partial charge in [-0.1, -0.05) is 47.0 Å². The lowest BCUT2D eigenvalue weighted by molar-refractivity contribution is -0.0230. The van der Waals surface area contributed by atoms with Gasteiger partial charge in [-0.3, -0.25) is 0 Å². The molecule has 1 aliphatic rings. The van der Waals surface area contributed by atoms with E-state index < -0.39 is 0 Å². The molecule has 1 aliphatic heterocycles. The minimum Gasteiger partial charge on any atom is -0.372 e. The molecule has 2 heteroatoms. The molecule has 2 atom stereocenters. The molecule has 0 aromatic carbocycles. The zero-order valence-corrected chi connectivity index (χ0v) is 12.8. The Balaban J connectivity index is 3.13. The SMILES string of the molecule is CBC1OC(CC)(CC(C)C)C(C(C)C)=C1C. The van der Waals surface area contributed by atoms with Crippen molar-refractivity contribution in [1.29, 1.82) is 0 Å². The van der Waals surface area contributed by atoms with Gasteiger partial charge in [-0.2, -0.15) is 0 Å². The lowest BCUT2D eigenvalue weighted by Gasteiger charge is -2.35. The average Bonchev–Trinajstić information content (AvgIpc) is 2.50. The Kier molecular flexibility index (Phi) is 4.89. The smallest absolute Gasteiger partial charge is 0.160 e. The molecule has 0 N–H and O–H groups in total. The van der Waals surface area contributed by atoms with E-state index in [-0.39, 0.29) is 5.60 Å². The highest BCUT2D eigenvalue weighted by molar-refractivity contribution is 6.36. The summed E-state index contributed by atoms with van der Waals surface area (Å²) in [5.41, 5.74) is 3.11. The summed E-state index contributed by atoms with van der Waals surface area (Å²) in [6.45, 7) is 16.0. The van der Waals surface area contributed by atoms with Gasteiger partial charge in [-0.05, 0) is 37.2 Å². The van der Waals surface area contributed by atoms with Gasteiger partial charge in [0.05, 0.1) is 5.60 Å². The van der Waals surface area contributed by atoms with Crippen LogP contribution >= 0.6 is 0 Å². The van der Waals surface area contributed by atoms with Crippen LogP contribution in [0.15, 0.2) is 11.1 Å². The summed E-state index contributed by atoms with van der Waals surface area (Å²) >= 11 is 0. The quantitative estimate of drug-likeness (QED) is 0.518. The standard InChI is InChI=1S/C15H29BO/c1-8-15(9-10(2)3)13(11(4)5)12(6)14(16-7)17-15/h10-11,14,16H,8-9H2,1-7H3. The zero-order valence-electron chi connectivity index (χ0n) is 12.8. The van der Waals surface area contributed by atoms with Crippen LogP contribution in [0.1, 0.15) is 54.4 Å². The molecule has 0 saturated carbocycles. The van der Waals surface area contributed by atoms with Crippen LogP contribution < -0.4 is 0 Å². The Bertz CT molecular complexity index is 293. The lowest BCUT2D eigenvalue weighted by atomic mass is 9.70. The molecule has 17 heavy (non-hydrogen) atoms. The zero-order chi connectivity index (χ0) is 13.2. The number of hydrogen-bond acceptors (Lipinski definition) is 1. The summed E-state index contributed by atoms with van der Waals surface area (Å²) in [6.07, 6.45) is 2.26. The minimum absolute atomic E-state index is 0.0209. The van der Waals surface area contributed by atoms with Crippen LogP contribution in [-0.2, 0) is 4.74 Å². The van der Waals surface area contributed by atoms with Crippen LogP contribution in [0.5, 0.6) is 0 Å². The number of ether oxygens (including phenoxy) is 1. The van der Waals surface area contributed by atoms with Gasteiger partial charge < -0.3 is 4.74 Å². The molecular formula is C15H29BO. The average molecular weight is 236 g/mol. The van der Waals surface area contributed by atoms with Gasteiger partial charge in [-0.25, -0.2) is 0 Å². The van der Waals surface area contributed by atoms with E-state index in [1.54, 1.807) is 5.57 Å². The van der Waals surface area contributed by atoms with Crippen molar-refractivity contribution in [3.63, 3.8) is 0 Å². The van der Waals surface area contributed by atoms with E-state index in [2.05, 4.69) is 48.4 Å². The monoisotopic (exact) mass is 236 g/mol. The third-order valence-corrected chi connectivity index (χ3v) is 4.02. The molecule has 2 unspecified atom stereocenters. The number of rotatable bonds is 5.